The topological polar surface area (TPSA) is 58.6 Å². The summed E-state index contributed by atoms with van der Waals surface area (Å²) in [6.45, 7) is 14.9. The first-order chi connectivity index (χ1) is 10.0. The number of unbranched alkanes of at least 4 members (excludes halogenated alkanes) is 3. The highest BCUT2D eigenvalue weighted by Crippen LogP contribution is 2.28. The van der Waals surface area contributed by atoms with Crippen molar-refractivity contribution in [2.24, 2.45) is 11.8 Å². The first-order valence-electron chi connectivity index (χ1n) is 8.37. The molecule has 0 aromatic heterocycles. The molecule has 4 heteroatoms. The Morgan fingerprint density at radius 2 is 1.82 bits per heavy atom. The minimum atomic E-state index is -1.25. The van der Waals surface area contributed by atoms with E-state index in [1.807, 2.05) is 47.6 Å². The van der Waals surface area contributed by atoms with Gasteiger partial charge < -0.3 is 9.84 Å². The second kappa shape index (κ2) is 9.19. The molecule has 130 valence electrons. The van der Waals surface area contributed by atoms with Crippen molar-refractivity contribution in [1.29, 1.82) is 0 Å². The summed E-state index contributed by atoms with van der Waals surface area (Å²) in [6, 6.07) is 0. The Kier molecular flexibility index (Phi) is 8.76. The van der Waals surface area contributed by atoms with E-state index in [1.54, 1.807) is 0 Å². The molecule has 0 aliphatic rings. The van der Waals surface area contributed by atoms with E-state index in [0.29, 0.717) is 0 Å². The minimum Gasteiger partial charge on any atom is -0.444 e. The van der Waals surface area contributed by atoms with Crippen molar-refractivity contribution in [2.45, 2.75) is 85.0 Å². The number of aliphatic hydroxyl groups is 1. The quantitative estimate of drug-likeness (QED) is 0.371. The molecule has 2 atom stereocenters. The molecule has 0 fully saturated rings. The number of nitrogens with one attached hydrogen (secondary N) is 1. The van der Waals surface area contributed by atoms with Gasteiger partial charge in [0.1, 0.15) is 11.3 Å². The summed E-state index contributed by atoms with van der Waals surface area (Å²) in [5, 5.41) is 13.6. The number of alkyl carbamates (subject to hydrolysis) is 1. The third-order valence-corrected chi connectivity index (χ3v) is 3.88. The maximum Gasteiger partial charge on any atom is 0.409 e. The van der Waals surface area contributed by atoms with E-state index in [2.05, 4.69) is 11.9 Å². The van der Waals surface area contributed by atoms with Gasteiger partial charge in [-0.2, -0.15) is 0 Å². The van der Waals surface area contributed by atoms with Gasteiger partial charge in [-0.3, -0.25) is 5.32 Å². The zero-order chi connectivity index (χ0) is 17.4. The van der Waals surface area contributed by atoms with Crippen LogP contribution in [0.25, 0.3) is 0 Å². The molecule has 0 saturated heterocycles. The van der Waals surface area contributed by atoms with Gasteiger partial charge in [-0.05, 0) is 40.0 Å². The van der Waals surface area contributed by atoms with Crippen LogP contribution in [0.15, 0.2) is 12.7 Å². The number of allylic oxidation sites excluding steroid dienone is 1. The summed E-state index contributed by atoms with van der Waals surface area (Å²) in [7, 11) is 0. The molecule has 1 amide bonds. The summed E-state index contributed by atoms with van der Waals surface area (Å²) in [5.41, 5.74) is -1.82. The van der Waals surface area contributed by atoms with E-state index in [9.17, 15) is 9.90 Å². The largest absolute Gasteiger partial charge is 0.444 e. The van der Waals surface area contributed by atoms with Crippen molar-refractivity contribution in [2.75, 3.05) is 0 Å². The van der Waals surface area contributed by atoms with E-state index in [1.165, 1.54) is 0 Å². The van der Waals surface area contributed by atoms with Crippen molar-refractivity contribution in [3.63, 3.8) is 0 Å². The summed E-state index contributed by atoms with van der Waals surface area (Å²) in [5.74, 6) is -0.132. The average molecular weight is 313 g/mol. The summed E-state index contributed by atoms with van der Waals surface area (Å²) >= 11 is 0. The first kappa shape index (κ1) is 21.0. The molecule has 0 heterocycles. The molecule has 0 aliphatic carbocycles. The highest BCUT2D eigenvalue weighted by Gasteiger charge is 2.39. The highest BCUT2D eigenvalue weighted by atomic mass is 16.6. The molecule has 22 heavy (non-hydrogen) atoms. The molecule has 0 radical (unpaired) electrons. The van der Waals surface area contributed by atoms with Gasteiger partial charge in [-0.15, -0.1) is 6.58 Å². The predicted molar refractivity (Wildman–Crippen MR) is 91.6 cm³/mol. The van der Waals surface area contributed by atoms with Crippen LogP contribution < -0.4 is 5.32 Å². The van der Waals surface area contributed by atoms with Crippen LogP contribution in [-0.4, -0.2) is 22.5 Å². The van der Waals surface area contributed by atoms with Crippen molar-refractivity contribution >= 4 is 6.09 Å². The second-order valence-corrected chi connectivity index (χ2v) is 7.43. The number of hydrogen-bond donors (Lipinski definition) is 2. The normalized spacial score (nSPS) is 16.0. The van der Waals surface area contributed by atoms with Crippen molar-refractivity contribution in [3.05, 3.63) is 12.7 Å². The van der Waals surface area contributed by atoms with E-state index in [0.717, 1.165) is 32.1 Å². The molecule has 4 nitrogen and oxygen atoms in total. The first-order valence-corrected chi connectivity index (χ1v) is 8.37. The minimum absolute atomic E-state index is 0.0382. The van der Waals surface area contributed by atoms with Crippen molar-refractivity contribution in [3.8, 4) is 0 Å². The Morgan fingerprint density at radius 3 is 2.27 bits per heavy atom. The Labute approximate surface area is 136 Å². The standard InChI is InChI=1S/C18H35NO3/c1-8-9-10-11-12-13-15(4)18(21,14(2)3)19-16(20)22-17(5,6)7/h8,14-15,21H,1,9-13H2,2-7H3,(H,19,20). The fourth-order valence-electron chi connectivity index (χ4n) is 2.44. The number of carbonyl (C=O) groups is 1. The Balaban J connectivity index is 4.58. The molecule has 0 aromatic carbocycles. The van der Waals surface area contributed by atoms with Crippen molar-refractivity contribution in [1.82, 2.24) is 5.32 Å². The van der Waals surface area contributed by atoms with Crippen LogP contribution in [0.5, 0.6) is 0 Å². The lowest BCUT2D eigenvalue weighted by atomic mass is 9.84. The maximum atomic E-state index is 12.0. The van der Waals surface area contributed by atoms with E-state index in [-0.39, 0.29) is 11.8 Å². The van der Waals surface area contributed by atoms with Gasteiger partial charge in [0.2, 0.25) is 0 Å². The van der Waals surface area contributed by atoms with Crippen LogP contribution in [0.2, 0.25) is 0 Å². The zero-order valence-electron chi connectivity index (χ0n) is 15.2. The number of carbonyl (C=O) groups excluding carboxylic acids is 1. The van der Waals surface area contributed by atoms with Gasteiger partial charge in [0.05, 0.1) is 0 Å². The van der Waals surface area contributed by atoms with Crippen LogP contribution in [-0.2, 0) is 4.74 Å². The third-order valence-electron chi connectivity index (χ3n) is 3.88. The molecule has 0 rings (SSSR count). The third kappa shape index (κ3) is 7.83. The number of hydrogen-bond acceptors (Lipinski definition) is 3. The Morgan fingerprint density at radius 1 is 1.23 bits per heavy atom. The van der Waals surface area contributed by atoms with Crippen LogP contribution in [0, 0.1) is 11.8 Å². The van der Waals surface area contributed by atoms with E-state index >= 15 is 0 Å². The fraction of sp³-hybridized carbons (Fsp3) is 0.833. The average Bonchev–Trinajstić information content (AvgIpc) is 2.35. The van der Waals surface area contributed by atoms with Crippen LogP contribution in [0.3, 0.4) is 0 Å². The van der Waals surface area contributed by atoms with Gasteiger partial charge in [0.15, 0.2) is 0 Å². The van der Waals surface area contributed by atoms with Crippen LogP contribution >= 0.6 is 0 Å². The Bertz CT molecular complexity index is 347. The predicted octanol–water partition coefficient (Wildman–Crippen LogP) is 4.63. The molecule has 2 N–H and O–H groups in total. The number of amides is 1. The Hall–Kier alpha value is -1.03. The highest BCUT2D eigenvalue weighted by molar-refractivity contribution is 5.68. The second-order valence-electron chi connectivity index (χ2n) is 7.43. The summed E-state index contributed by atoms with van der Waals surface area (Å²) < 4.78 is 5.27. The molecular formula is C18H35NO3. The molecule has 0 aromatic rings. The number of rotatable bonds is 9. The lowest BCUT2D eigenvalue weighted by molar-refractivity contribution is -0.0860. The summed E-state index contributed by atoms with van der Waals surface area (Å²) in [4.78, 5) is 12.0. The lowest BCUT2D eigenvalue weighted by Gasteiger charge is -2.39. The van der Waals surface area contributed by atoms with Gasteiger partial charge >= 0.3 is 6.09 Å². The zero-order valence-corrected chi connectivity index (χ0v) is 15.2. The SMILES string of the molecule is C=CCCCCCC(C)C(O)(NC(=O)OC(C)(C)C)C(C)C. The monoisotopic (exact) mass is 313 g/mol. The van der Waals surface area contributed by atoms with Gasteiger partial charge in [0, 0.05) is 11.8 Å². The van der Waals surface area contributed by atoms with Crippen LogP contribution in [0.4, 0.5) is 4.79 Å². The maximum absolute atomic E-state index is 12.0. The molecular weight excluding hydrogens is 278 g/mol. The fourth-order valence-corrected chi connectivity index (χ4v) is 2.44. The van der Waals surface area contributed by atoms with Crippen molar-refractivity contribution < 1.29 is 14.6 Å². The van der Waals surface area contributed by atoms with Gasteiger partial charge in [-0.1, -0.05) is 39.7 Å². The summed E-state index contributed by atoms with van der Waals surface area (Å²) in [6.07, 6.45) is 6.51. The van der Waals surface area contributed by atoms with Gasteiger partial charge in [-0.25, -0.2) is 4.79 Å². The smallest absolute Gasteiger partial charge is 0.409 e. The van der Waals surface area contributed by atoms with E-state index in [4.69, 9.17) is 4.74 Å². The van der Waals surface area contributed by atoms with E-state index < -0.39 is 17.4 Å². The van der Waals surface area contributed by atoms with Crippen LogP contribution in [0.1, 0.15) is 73.6 Å². The molecule has 2 unspecified atom stereocenters. The molecule has 0 aliphatic heterocycles. The number of ether oxygens (including phenoxy) is 1. The van der Waals surface area contributed by atoms with Gasteiger partial charge in [0.25, 0.3) is 0 Å². The lowest BCUT2D eigenvalue weighted by Crippen LogP contribution is -2.57. The molecule has 0 bridgehead atoms. The molecule has 0 saturated carbocycles. The molecule has 0 spiro atoms.